The first-order valence-electron chi connectivity index (χ1n) is 12.0. The molecule has 0 unspecified atom stereocenters. The van der Waals surface area contributed by atoms with Crippen LogP contribution >= 0.6 is 0 Å². The van der Waals surface area contributed by atoms with Gasteiger partial charge in [-0.05, 0) is 68.1 Å². The van der Waals surface area contributed by atoms with Gasteiger partial charge in [0.1, 0.15) is 17.0 Å². The summed E-state index contributed by atoms with van der Waals surface area (Å²) in [5.41, 5.74) is 12.6. The molecule has 7 aromatic rings. The summed E-state index contributed by atoms with van der Waals surface area (Å²) in [6, 6.07) is 40.0. The molecule has 0 aliphatic heterocycles. The molecule has 1 aromatic heterocycles. The van der Waals surface area contributed by atoms with Gasteiger partial charge in [-0.15, -0.1) is 0 Å². The molecule has 3 N–H and O–H groups in total. The van der Waals surface area contributed by atoms with E-state index in [0.717, 1.165) is 38.6 Å². The first kappa shape index (κ1) is 20.5. The quantitative estimate of drug-likeness (QED) is 0.157. The van der Waals surface area contributed by atoms with Gasteiger partial charge in [0.05, 0.1) is 0 Å². The number of furan rings is 1. The number of nitrogen functional groups attached to an aromatic ring is 1. The predicted octanol–water partition coefficient (Wildman–Crippen LogP) is 8.51. The lowest BCUT2D eigenvalue weighted by atomic mass is 9.92. The van der Waals surface area contributed by atoms with E-state index in [4.69, 9.17) is 15.6 Å². The first-order valence-corrected chi connectivity index (χ1v) is 12.0. The third-order valence-corrected chi connectivity index (χ3v) is 7.08. The van der Waals surface area contributed by atoms with Crippen LogP contribution in [-0.4, -0.2) is 5.84 Å². The molecule has 0 fully saturated rings. The molecule has 0 aliphatic rings. The van der Waals surface area contributed by atoms with E-state index in [1.54, 1.807) is 0 Å². The Morgan fingerprint density at radius 3 is 2.08 bits per heavy atom. The van der Waals surface area contributed by atoms with E-state index in [2.05, 4.69) is 78.9 Å². The molecule has 0 amide bonds. The molecule has 1 heterocycles. The van der Waals surface area contributed by atoms with Gasteiger partial charge in [0.2, 0.25) is 0 Å². The molecule has 6 aromatic carbocycles. The SMILES string of the molecule is N=C(N)c1ccc(-c2cccc3oc4ccc(-c5cc6ccccc6c6ccccc56)cc4c23)cc1. The van der Waals surface area contributed by atoms with E-state index in [-0.39, 0.29) is 5.84 Å². The highest BCUT2D eigenvalue weighted by Crippen LogP contribution is 2.40. The van der Waals surface area contributed by atoms with Crippen LogP contribution in [0.25, 0.3) is 65.7 Å². The zero-order valence-corrected chi connectivity index (χ0v) is 19.5. The minimum Gasteiger partial charge on any atom is -0.456 e. The summed E-state index contributed by atoms with van der Waals surface area (Å²) in [7, 11) is 0. The fourth-order valence-corrected chi connectivity index (χ4v) is 5.36. The molecule has 0 bridgehead atoms. The third kappa shape index (κ3) is 3.10. The summed E-state index contributed by atoms with van der Waals surface area (Å²) < 4.78 is 6.27. The van der Waals surface area contributed by atoms with Crippen LogP contribution in [-0.2, 0) is 0 Å². The topological polar surface area (TPSA) is 63.0 Å². The largest absolute Gasteiger partial charge is 0.456 e. The Kier molecular flexibility index (Phi) is 4.45. The summed E-state index contributed by atoms with van der Waals surface area (Å²) in [5.74, 6) is 0.0702. The summed E-state index contributed by atoms with van der Waals surface area (Å²) in [5, 5.41) is 14.9. The van der Waals surface area contributed by atoms with Gasteiger partial charge in [0, 0.05) is 16.3 Å². The minimum absolute atomic E-state index is 0.0702. The molecular formula is C33H22N2O. The van der Waals surface area contributed by atoms with Gasteiger partial charge in [-0.3, -0.25) is 5.41 Å². The molecule has 3 nitrogen and oxygen atoms in total. The number of hydrogen-bond donors (Lipinski definition) is 2. The first-order chi connectivity index (χ1) is 17.7. The minimum atomic E-state index is 0.0702. The van der Waals surface area contributed by atoms with E-state index >= 15 is 0 Å². The number of fused-ring (bicyclic) bond motifs is 6. The molecular weight excluding hydrogens is 440 g/mol. The molecule has 3 heteroatoms. The highest BCUT2D eigenvalue weighted by Gasteiger charge is 2.15. The highest BCUT2D eigenvalue weighted by atomic mass is 16.3. The summed E-state index contributed by atoms with van der Waals surface area (Å²) in [4.78, 5) is 0. The van der Waals surface area contributed by atoms with Gasteiger partial charge in [-0.25, -0.2) is 0 Å². The van der Waals surface area contributed by atoms with Crippen LogP contribution in [0.15, 0.2) is 120 Å². The molecule has 0 spiro atoms. The molecule has 7 rings (SSSR count). The molecule has 0 atom stereocenters. The second-order valence-electron chi connectivity index (χ2n) is 9.17. The number of nitrogens with one attached hydrogen (secondary N) is 1. The lowest BCUT2D eigenvalue weighted by Gasteiger charge is -2.11. The van der Waals surface area contributed by atoms with Crippen LogP contribution in [0.5, 0.6) is 0 Å². The van der Waals surface area contributed by atoms with Gasteiger partial charge in [0.15, 0.2) is 0 Å². The lowest BCUT2D eigenvalue weighted by Crippen LogP contribution is -2.10. The maximum Gasteiger partial charge on any atom is 0.136 e. The van der Waals surface area contributed by atoms with Crippen molar-refractivity contribution in [2.75, 3.05) is 0 Å². The van der Waals surface area contributed by atoms with Crippen molar-refractivity contribution < 1.29 is 4.42 Å². The zero-order valence-electron chi connectivity index (χ0n) is 19.5. The Labute approximate surface area is 207 Å². The Bertz CT molecular complexity index is 1960. The van der Waals surface area contributed by atoms with Gasteiger partial charge in [0.25, 0.3) is 0 Å². The number of benzene rings is 6. The van der Waals surface area contributed by atoms with Crippen LogP contribution in [0.3, 0.4) is 0 Å². The summed E-state index contributed by atoms with van der Waals surface area (Å²) >= 11 is 0. The smallest absolute Gasteiger partial charge is 0.136 e. The summed E-state index contributed by atoms with van der Waals surface area (Å²) in [6.07, 6.45) is 0. The Balaban J connectivity index is 1.49. The van der Waals surface area contributed by atoms with Gasteiger partial charge in [-0.1, -0.05) is 91.0 Å². The second kappa shape index (κ2) is 7.82. The van der Waals surface area contributed by atoms with Crippen LogP contribution in [0.2, 0.25) is 0 Å². The summed E-state index contributed by atoms with van der Waals surface area (Å²) in [6.45, 7) is 0. The van der Waals surface area contributed by atoms with E-state index in [9.17, 15) is 0 Å². The average Bonchev–Trinajstić information content (AvgIpc) is 3.31. The van der Waals surface area contributed by atoms with Gasteiger partial charge in [-0.2, -0.15) is 0 Å². The second-order valence-corrected chi connectivity index (χ2v) is 9.17. The molecule has 36 heavy (non-hydrogen) atoms. The van der Waals surface area contributed by atoms with Crippen molar-refractivity contribution in [3.63, 3.8) is 0 Å². The maximum atomic E-state index is 7.70. The lowest BCUT2D eigenvalue weighted by molar-refractivity contribution is 0.669. The van der Waals surface area contributed by atoms with Crippen molar-refractivity contribution in [1.82, 2.24) is 0 Å². The van der Waals surface area contributed by atoms with E-state index in [0.29, 0.717) is 5.56 Å². The van der Waals surface area contributed by atoms with Crippen molar-refractivity contribution in [1.29, 1.82) is 5.41 Å². The van der Waals surface area contributed by atoms with Crippen molar-refractivity contribution in [3.05, 3.63) is 121 Å². The van der Waals surface area contributed by atoms with E-state index in [1.165, 1.54) is 27.1 Å². The van der Waals surface area contributed by atoms with Crippen LogP contribution in [0.1, 0.15) is 5.56 Å². The molecule has 0 radical (unpaired) electrons. The number of rotatable bonds is 3. The third-order valence-electron chi connectivity index (χ3n) is 7.08. The molecule has 0 saturated carbocycles. The average molecular weight is 463 g/mol. The number of hydrogen-bond acceptors (Lipinski definition) is 2. The standard InChI is InChI=1S/C33H22N2O/c34-33(35)21-14-12-20(13-15-21)25-10-5-11-31-32(25)29-19-23(16-17-30(29)36-31)28-18-22-6-1-2-7-24(22)26-8-3-4-9-27(26)28/h1-19H,(H3,34,35). The fraction of sp³-hybridized carbons (Fsp3) is 0. The molecule has 0 aliphatic carbocycles. The highest BCUT2D eigenvalue weighted by molar-refractivity contribution is 6.16. The van der Waals surface area contributed by atoms with Crippen LogP contribution < -0.4 is 5.73 Å². The maximum absolute atomic E-state index is 7.70. The van der Waals surface area contributed by atoms with Gasteiger partial charge < -0.3 is 10.2 Å². The molecule has 170 valence electrons. The number of amidine groups is 1. The Morgan fingerprint density at radius 1 is 0.556 bits per heavy atom. The van der Waals surface area contributed by atoms with Crippen LogP contribution in [0, 0.1) is 5.41 Å². The number of nitrogens with two attached hydrogens (primary N) is 1. The van der Waals surface area contributed by atoms with Crippen molar-refractivity contribution >= 4 is 49.3 Å². The van der Waals surface area contributed by atoms with Crippen LogP contribution in [0.4, 0.5) is 0 Å². The Hall–Kier alpha value is -4.89. The van der Waals surface area contributed by atoms with Crippen molar-refractivity contribution in [2.24, 2.45) is 5.73 Å². The van der Waals surface area contributed by atoms with Crippen molar-refractivity contribution in [2.45, 2.75) is 0 Å². The normalized spacial score (nSPS) is 11.6. The van der Waals surface area contributed by atoms with E-state index < -0.39 is 0 Å². The Morgan fingerprint density at radius 2 is 1.28 bits per heavy atom. The van der Waals surface area contributed by atoms with Crippen molar-refractivity contribution in [3.8, 4) is 22.3 Å². The van der Waals surface area contributed by atoms with E-state index in [1.807, 2.05) is 36.4 Å². The van der Waals surface area contributed by atoms with Gasteiger partial charge >= 0.3 is 0 Å². The predicted molar refractivity (Wildman–Crippen MR) is 151 cm³/mol. The monoisotopic (exact) mass is 462 g/mol. The fourth-order valence-electron chi connectivity index (χ4n) is 5.36. The zero-order chi connectivity index (χ0) is 24.2. The molecule has 0 saturated heterocycles.